The predicted octanol–water partition coefficient (Wildman–Crippen LogP) is 5.24. The van der Waals surface area contributed by atoms with Crippen molar-refractivity contribution in [2.24, 2.45) is 0 Å². The zero-order valence-electron chi connectivity index (χ0n) is 16.7. The minimum absolute atomic E-state index is 0.423. The highest BCUT2D eigenvalue weighted by atomic mass is 32.1. The summed E-state index contributed by atoms with van der Waals surface area (Å²) in [6.45, 7) is 8.55. The van der Waals surface area contributed by atoms with Gasteiger partial charge in [-0.1, -0.05) is 6.58 Å². The second kappa shape index (κ2) is 7.03. The summed E-state index contributed by atoms with van der Waals surface area (Å²) >= 11 is 1.68. The van der Waals surface area contributed by atoms with Crippen LogP contribution in [0.2, 0.25) is 0 Å². The van der Waals surface area contributed by atoms with Crippen molar-refractivity contribution in [1.82, 2.24) is 19.9 Å². The van der Waals surface area contributed by atoms with Gasteiger partial charge in [0.1, 0.15) is 11.9 Å². The van der Waals surface area contributed by atoms with Crippen molar-refractivity contribution < 1.29 is 0 Å². The molecule has 0 saturated heterocycles. The molecule has 0 radical (unpaired) electrons. The highest BCUT2D eigenvalue weighted by Crippen LogP contribution is 2.46. The maximum absolute atomic E-state index is 4.52. The first-order valence-corrected chi connectivity index (χ1v) is 10.5. The van der Waals surface area contributed by atoms with Crippen molar-refractivity contribution in [1.29, 1.82) is 0 Å². The second-order valence-corrected chi connectivity index (χ2v) is 8.25. The molecule has 7 heteroatoms. The van der Waals surface area contributed by atoms with Crippen molar-refractivity contribution in [2.45, 2.75) is 19.4 Å². The first-order chi connectivity index (χ1) is 14.6. The van der Waals surface area contributed by atoms with Crippen molar-refractivity contribution >= 4 is 22.7 Å². The van der Waals surface area contributed by atoms with E-state index in [0.717, 1.165) is 45.0 Å². The average molecular weight is 413 g/mol. The van der Waals surface area contributed by atoms with Crippen LogP contribution in [0.3, 0.4) is 0 Å². The van der Waals surface area contributed by atoms with E-state index in [2.05, 4.69) is 73.9 Å². The largest absolute Gasteiger partial charge is 0.369 e. The molecule has 0 spiro atoms. The second-order valence-electron chi connectivity index (χ2n) is 7.47. The number of aromatic nitrogens is 4. The van der Waals surface area contributed by atoms with Gasteiger partial charge in [0, 0.05) is 41.0 Å². The summed E-state index contributed by atoms with van der Waals surface area (Å²) in [5.74, 6) is 0. The van der Waals surface area contributed by atoms with E-state index in [1.54, 1.807) is 23.7 Å². The van der Waals surface area contributed by atoms with Gasteiger partial charge in [0.25, 0.3) is 0 Å². The molecule has 2 N–H and O–H groups in total. The van der Waals surface area contributed by atoms with Gasteiger partial charge >= 0.3 is 0 Å². The molecule has 0 aliphatic carbocycles. The minimum Gasteiger partial charge on any atom is -0.369 e. The summed E-state index contributed by atoms with van der Waals surface area (Å²) in [4.78, 5) is 17.1. The Morgan fingerprint density at radius 1 is 1.10 bits per heavy atom. The molecule has 1 atom stereocenters. The van der Waals surface area contributed by atoms with Gasteiger partial charge in [0.15, 0.2) is 0 Å². The van der Waals surface area contributed by atoms with E-state index in [0.29, 0.717) is 0 Å². The standard InChI is InChI=1S/C23H20N6S/c1-14-18(16-4-5-30-12-16)9-24-10-21(14)28-15(2)23(3)19-6-20(27-11-22(19)29-23)17-7-25-13-26-8-17/h4-13,28-29H,2H2,1,3H3. The molecule has 0 amide bonds. The molecule has 1 aliphatic heterocycles. The van der Waals surface area contributed by atoms with Gasteiger partial charge in [-0.15, -0.1) is 0 Å². The molecule has 0 aromatic carbocycles. The predicted molar refractivity (Wildman–Crippen MR) is 121 cm³/mol. The monoisotopic (exact) mass is 412 g/mol. The van der Waals surface area contributed by atoms with Gasteiger partial charge in [-0.05, 0) is 47.9 Å². The summed E-state index contributed by atoms with van der Waals surface area (Å²) in [5, 5.41) is 11.2. The molecule has 1 aliphatic rings. The zero-order valence-corrected chi connectivity index (χ0v) is 17.5. The number of fused-ring (bicyclic) bond motifs is 1. The Morgan fingerprint density at radius 3 is 2.70 bits per heavy atom. The van der Waals surface area contributed by atoms with E-state index in [1.807, 2.05) is 18.6 Å². The van der Waals surface area contributed by atoms with Gasteiger partial charge in [-0.25, -0.2) is 9.97 Å². The topological polar surface area (TPSA) is 75.6 Å². The van der Waals surface area contributed by atoms with Gasteiger partial charge < -0.3 is 10.6 Å². The third kappa shape index (κ3) is 2.95. The average Bonchev–Trinajstić information content (AvgIpc) is 3.29. The molecule has 0 fully saturated rings. The Kier molecular flexibility index (Phi) is 4.33. The van der Waals surface area contributed by atoms with E-state index >= 15 is 0 Å². The van der Waals surface area contributed by atoms with Crippen LogP contribution in [0.15, 0.2) is 72.5 Å². The molecule has 4 aromatic heterocycles. The molecule has 5 heterocycles. The molecule has 4 aromatic rings. The summed E-state index contributed by atoms with van der Waals surface area (Å²) in [6, 6.07) is 4.18. The van der Waals surface area contributed by atoms with Crippen LogP contribution in [0, 0.1) is 6.92 Å². The Hall–Kier alpha value is -3.58. The van der Waals surface area contributed by atoms with Crippen LogP contribution in [0.5, 0.6) is 0 Å². The number of nitrogens with zero attached hydrogens (tertiary/aromatic N) is 4. The number of hydrogen-bond donors (Lipinski definition) is 2. The van der Waals surface area contributed by atoms with Gasteiger partial charge in [-0.2, -0.15) is 11.3 Å². The molecule has 148 valence electrons. The van der Waals surface area contributed by atoms with Crippen LogP contribution in [0.25, 0.3) is 22.4 Å². The van der Waals surface area contributed by atoms with Gasteiger partial charge in [0.05, 0.1) is 29.5 Å². The number of hydrogen-bond acceptors (Lipinski definition) is 7. The lowest BCUT2D eigenvalue weighted by molar-refractivity contribution is 0.600. The number of rotatable bonds is 5. The van der Waals surface area contributed by atoms with Crippen LogP contribution < -0.4 is 10.6 Å². The minimum atomic E-state index is -0.423. The molecule has 1 unspecified atom stereocenters. The van der Waals surface area contributed by atoms with Crippen LogP contribution in [0.4, 0.5) is 11.4 Å². The van der Waals surface area contributed by atoms with E-state index in [4.69, 9.17) is 0 Å². The van der Waals surface area contributed by atoms with Crippen LogP contribution in [0.1, 0.15) is 18.1 Å². The lowest BCUT2D eigenvalue weighted by Gasteiger charge is -2.44. The zero-order chi connectivity index (χ0) is 20.7. The number of anilines is 2. The Balaban J connectivity index is 1.44. The molecule has 6 nitrogen and oxygen atoms in total. The third-order valence-corrected chi connectivity index (χ3v) is 6.30. The lowest BCUT2D eigenvalue weighted by Crippen LogP contribution is -2.45. The fourth-order valence-electron chi connectivity index (χ4n) is 3.72. The quantitative estimate of drug-likeness (QED) is 0.467. The summed E-state index contributed by atoms with van der Waals surface area (Å²) < 4.78 is 0. The summed E-state index contributed by atoms with van der Waals surface area (Å²) in [7, 11) is 0. The Morgan fingerprint density at radius 2 is 1.93 bits per heavy atom. The number of pyridine rings is 2. The van der Waals surface area contributed by atoms with E-state index in [9.17, 15) is 0 Å². The highest BCUT2D eigenvalue weighted by molar-refractivity contribution is 7.08. The maximum atomic E-state index is 4.52. The molecule has 5 rings (SSSR count). The van der Waals surface area contributed by atoms with Crippen LogP contribution >= 0.6 is 11.3 Å². The molecule has 30 heavy (non-hydrogen) atoms. The van der Waals surface area contributed by atoms with Gasteiger partial charge in [-0.3, -0.25) is 9.97 Å². The van der Waals surface area contributed by atoms with Crippen molar-refractivity contribution in [3.8, 4) is 22.4 Å². The molecule has 0 bridgehead atoms. The fraction of sp³-hybridized carbons (Fsp3) is 0.130. The van der Waals surface area contributed by atoms with E-state index in [1.165, 1.54) is 11.9 Å². The summed E-state index contributed by atoms with van der Waals surface area (Å²) in [5.41, 5.74) is 8.68. The molecular formula is C23H20N6S. The molecule has 0 saturated carbocycles. The van der Waals surface area contributed by atoms with E-state index in [-0.39, 0.29) is 0 Å². The normalized spacial score (nSPS) is 16.9. The van der Waals surface area contributed by atoms with Gasteiger partial charge in [0.2, 0.25) is 0 Å². The summed E-state index contributed by atoms with van der Waals surface area (Å²) in [6.07, 6.45) is 10.6. The van der Waals surface area contributed by atoms with Crippen molar-refractivity contribution in [3.63, 3.8) is 0 Å². The highest BCUT2D eigenvalue weighted by Gasteiger charge is 2.41. The fourth-order valence-corrected chi connectivity index (χ4v) is 4.37. The molecular weight excluding hydrogens is 392 g/mol. The maximum Gasteiger partial charge on any atom is 0.115 e. The SMILES string of the molecule is C=C(Nc1cncc(-c2ccsc2)c1C)C1(C)Nc2cnc(-c3cncnc3)cc21. The van der Waals surface area contributed by atoms with Crippen LogP contribution in [-0.4, -0.2) is 19.9 Å². The lowest BCUT2D eigenvalue weighted by atomic mass is 9.80. The first kappa shape index (κ1) is 18.4. The Bertz CT molecular complexity index is 1240. The van der Waals surface area contributed by atoms with Crippen molar-refractivity contribution in [2.75, 3.05) is 10.6 Å². The van der Waals surface area contributed by atoms with E-state index < -0.39 is 5.54 Å². The smallest absolute Gasteiger partial charge is 0.115 e. The first-order valence-electron chi connectivity index (χ1n) is 9.54. The van der Waals surface area contributed by atoms with Crippen molar-refractivity contribution in [3.05, 3.63) is 83.6 Å². The van der Waals surface area contributed by atoms with Crippen LogP contribution in [-0.2, 0) is 5.54 Å². The Labute approximate surface area is 178 Å². The number of thiophene rings is 1. The number of nitrogens with one attached hydrogen (secondary N) is 2. The third-order valence-electron chi connectivity index (χ3n) is 5.62.